The van der Waals surface area contributed by atoms with Gasteiger partial charge in [-0.3, -0.25) is 0 Å². The molecule has 2 fully saturated rings. The van der Waals surface area contributed by atoms with Gasteiger partial charge in [-0.15, -0.1) is 0 Å². The van der Waals surface area contributed by atoms with E-state index in [1.807, 2.05) is 0 Å². The Kier molecular flexibility index (Phi) is 10.4. The van der Waals surface area contributed by atoms with Crippen LogP contribution in [0.1, 0.15) is 93.8 Å². The molecule has 7 heteroatoms. The van der Waals surface area contributed by atoms with Crippen LogP contribution in [0.25, 0.3) is 0 Å². The van der Waals surface area contributed by atoms with Crippen LogP contribution in [0.2, 0.25) is 0 Å². The predicted octanol–water partition coefficient (Wildman–Crippen LogP) is 1.13. The molecule has 2 saturated carbocycles. The van der Waals surface area contributed by atoms with Crippen molar-refractivity contribution >= 4 is 11.8 Å². The summed E-state index contributed by atoms with van der Waals surface area (Å²) >= 11 is 0. The first-order valence-electron chi connectivity index (χ1n) is 12.9. The van der Waals surface area contributed by atoms with Crippen molar-refractivity contribution < 1.29 is 63.9 Å². The minimum Gasteiger partial charge on any atom is -1.00 e. The van der Waals surface area contributed by atoms with Crippen LogP contribution in [-0.4, -0.2) is 23.0 Å². The third kappa shape index (κ3) is 5.70. The van der Waals surface area contributed by atoms with E-state index >= 15 is 0 Å². The van der Waals surface area contributed by atoms with E-state index in [1.165, 1.54) is 49.7 Å². The molecule has 2 atom stereocenters. The second kappa shape index (κ2) is 12.7. The summed E-state index contributed by atoms with van der Waals surface area (Å²) in [5.74, 6) is 1.62. The normalized spacial score (nSPS) is 25.3. The van der Waals surface area contributed by atoms with Crippen LogP contribution < -0.4 is 34.0 Å². The maximum Gasteiger partial charge on any atom is 2.00 e. The maximum atomic E-state index is 6.72. The fraction of sp³-hybridized carbons (Fsp3) is 0.517. The van der Waals surface area contributed by atoms with Gasteiger partial charge in [-0.1, -0.05) is 73.5 Å². The SMILES string of the molecule is [Br-].[Br-].[Pd+2].c1ccc([C@H]2N=C(CC3=N[C@H](c4ccccc4)C4(CCCCC4)O3)OC23CCCCC3)cc1. The van der Waals surface area contributed by atoms with Gasteiger partial charge in [0.25, 0.3) is 0 Å². The van der Waals surface area contributed by atoms with Crippen LogP contribution >= 0.6 is 0 Å². The molecule has 0 amide bonds. The minimum absolute atomic E-state index is 0. The predicted molar refractivity (Wildman–Crippen MR) is 132 cm³/mol. The van der Waals surface area contributed by atoms with E-state index < -0.39 is 0 Å². The summed E-state index contributed by atoms with van der Waals surface area (Å²) in [5, 5.41) is 0. The Balaban J connectivity index is 0.00000120. The summed E-state index contributed by atoms with van der Waals surface area (Å²) in [6.45, 7) is 0. The molecule has 0 aromatic heterocycles. The standard InChI is InChI=1S/C29H34N2O2.2BrH.Pd/c1-5-13-22(14-6-1)26-28(17-9-3-10-18-28)32-24(30-26)21-25-31-27(23-15-7-2-8-16-23)29(33-25)19-11-4-12-20-29;;;/h1-2,5-8,13-16,26-27H,3-4,9-12,17-21H2;2*1H;/q;;;+2/p-2/t26-,27-;;;/m1.../s1. The van der Waals surface area contributed by atoms with Crippen molar-refractivity contribution in [3.63, 3.8) is 0 Å². The molecule has 6 rings (SSSR count). The topological polar surface area (TPSA) is 43.2 Å². The van der Waals surface area contributed by atoms with E-state index in [-0.39, 0.29) is 77.7 Å². The molecular formula is C29H34Br2N2O2Pd. The van der Waals surface area contributed by atoms with Crippen molar-refractivity contribution in [3.05, 3.63) is 71.8 Å². The molecule has 2 aromatic carbocycles. The van der Waals surface area contributed by atoms with E-state index in [4.69, 9.17) is 19.5 Å². The summed E-state index contributed by atoms with van der Waals surface area (Å²) in [7, 11) is 0. The van der Waals surface area contributed by atoms with Gasteiger partial charge in [0.2, 0.25) is 0 Å². The van der Waals surface area contributed by atoms with Gasteiger partial charge < -0.3 is 43.4 Å². The Morgan fingerprint density at radius 1 is 0.583 bits per heavy atom. The van der Waals surface area contributed by atoms with E-state index in [1.54, 1.807) is 0 Å². The second-order valence-corrected chi connectivity index (χ2v) is 10.3. The molecule has 0 radical (unpaired) electrons. The molecule has 196 valence electrons. The van der Waals surface area contributed by atoms with Crippen molar-refractivity contribution in [1.82, 2.24) is 0 Å². The number of nitrogens with zero attached hydrogens (tertiary/aromatic N) is 2. The van der Waals surface area contributed by atoms with Crippen molar-refractivity contribution in [2.45, 2.75) is 93.9 Å². The Bertz CT molecular complexity index is 952. The first-order valence-corrected chi connectivity index (χ1v) is 12.9. The molecular weight excluding hydrogens is 675 g/mol. The molecule has 0 bridgehead atoms. The summed E-state index contributed by atoms with van der Waals surface area (Å²) < 4.78 is 13.4. The Morgan fingerprint density at radius 2 is 0.944 bits per heavy atom. The zero-order chi connectivity index (χ0) is 22.1. The van der Waals surface area contributed by atoms with E-state index in [2.05, 4.69) is 60.7 Å². The summed E-state index contributed by atoms with van der Waals surface area (Å²) in [5.41, 5.74) is 2.12. The van der Waals surface area contributed by atoms with Crippen molar-refractivity contribution in [3.8, 4) is 0 Å². The smallest absolute Gasteiger partial charge is 1.00 e. The second-order valence-electron chi connectivity index (χ2n) is 10.3. The molecule has 4 aliphatic rings. The zero-order valence-electron chi connectivity index (χ0n) is 20.5. The van der Waals surface area contributed by atoms with Gasteiger partial charge in [-0.25, -0.2) is 9.98 Å². The van der Waals surface area contributed by atoms with Crippen LogP contribution in [-0.2, 0) is 29.9 Å². The third-order valence-corrected chi connectivity index (χ3v) is 8.12. The van der Waals surface area contributed by atoms with Gasteiger partial charge in [0.05, 0.1) is 6.42 Å². The summed E-state index contributed by atoms with van der Waals surface area (Å²) in [4.78, 5) is 10.3. The van der Waals surface area contributed by atoms with Crippen LogP contribution in [0.5, 0.6) is 0 Å². The Morgan fingerprint density at radius 3 is 1.31 bits per heavy atom. The average Bonchev–Trinajstić information content (AvgIpc) is 3.38. The number of ether oxygens (including phenoxy) is 2. The molecule has 0 saturated heterocycles. The van der Waals surface area contributed by atoms with E-state index in [9.17, 15) is 0 Å². The van der Waals surface area contributed by atoms with Crippen molar-refractivity contribution in [2.75, 3.05) is 0 Å². The molecule has 2 aliphatic carbocycles. The molecule has 2 heterocycles. The fourth-order valence-corrected chi connectivity index (χ4v) is 6.53. The number of aliphatic imine (C=N–C) groups is 2. The van der Waals surface area contributed by atoms with Crippen LogP contribution in [0.4, 0.5) is 0 Å². The molecule has 36 heavy (non-hydrogen) atoms. The van der Waals surface area contributed by atoms with Crippen molar-refractivity contribution in [2.24, 2.45) is 9.98 Å². The number of halogens is 2. The van der Waals surface area contributed by atoms with Gasteiger partial charge in [0, 0.05) is 0 Å². The fourth-order valence-electron chi connectivity index (χ4n) is 6.53. The minimum atomic E-state index is -0.199. The Hall–Kier alpha value is -0.998. The third-order valence-electron chi connectivity index (χ3n) is 8.12. The molecule has 0 N–H and O–H groups in total. The van der Waals surface area contributed by atoms with Gasteiger partial charge in [-0.2, -0.15) is 0 Å². The quantitative estimate of drug-likeness (QED) is 0.448. The van der Waals surface area contributed by atoms with Gasteiger partial charge in [-0.05, 0) is 62.5 Å². The zero-order valence-corrected chi connectivity index (χ0v) is 25.2. The first kappa shape index (κ1) is 29.6. The monoisotopic (exact) mass is 706 g/mol. The number of hydrogen-bond acceptors (Lipinski definition) is 4. The van der Waals surface area contributed by atoms with Crippen molar-refractivity contribution in [1.29, 1.82) is 0 Å². The van der Waals surface area contributed by atoms with Gasteiger partial charge in [0.1, 0.15) is 23.3 Å². The van der Waals surface area contributed by atoms with Crippen LogP contribution in [0.3, 0.4) is 0 Å². The molecule has 2 aromatic rings. The van der Waals surface area contributed by atoms with Crippen LogP contribution in [0, 0.1) is 0 Å². The average molecular weight is 709 g/mol. The number of rotatable bonds is 4. The summed E-state index contributed by atoms with van der Waals surface area (Å²) in [6.07, 6.45) is 12.3. The number of benzene rings is 2. The molecule has 2 aliphatic heterocycles. The molecule has 0 unspecified atom stereocenters. The van der Waals surface area contributed by atoms with Crippen LogP contribution in [0.15, 0.2) is 70.6 Å². The van der Waals surface area contributed by atoms with E-state index in [0.29, 0.717) is 6.42 Å². The van der Waals surface area contributed by atoms with Gasteiger partial charge >= 0.3 is 20.4 Å². The number of hydrogen-bond donors (Lipinski definition) is 0. The first-order chi connectivity index (χ1) is 16.3. The molecule has 4 nitrogen and oxygen atoms in total. The molecule has 2 spiro atoms. The van der Waals surface area contributed by atoms with Gasteiger partial charge in [0.15, 0.2) is 11.8 Å². The Labute approximate surface area is 249 Å². The van der Waals surface area contributed by atoms with E-state index in [0.717, 1.165) is 37.5 Å². The maximum absolute atomic E-state index is 6.72. The summed E-state index contributed by atoms with van der Waals surface area (Å²) in [6, 6.07) is 21.5. The largest absolute Gasteiger partial charge is 2.00 e.